The Morgan fingerprint density at radius 1 is 0.349 bits per heavy atom. The van der Waals surface area contributed by atoms with E-state index in [0.717, 1.165) is 54.3 Å². The Balaban J connectivity index is 1.47. The molecule has 6 aromatic rings. The van der Waals surface area contributed by atoms with E-state index in [1.165, 1.54) is 0 Å². The van der Waals surface area contributed by atoms with E-state index < -0.39 is 0 Å². The van der Waals surface area contributed by atoms with E-state index in [-0.39, 0.29) is 0 Å². The van der Waals surface area contributed by atoms with Crippen molar-refractivity contribution < 1.29 is 9.59 Å². The minimum atomic E-state index is 0.580. The van der Waals surface area contributed by atoms with Gasteiger partial charge in [-0.3, -0.25) is 0 Å². The Bertz CT molecular complexity index is 1890. The smallest absolute Gasteiger partial charge is 0.211 e. The first kappa shape index (κ1) is 27.6. The molecule has 0 saturated heterocycles. The number of benzene rings is 6. The summed E-state index contributed by atoms with van der Waals surface area (Å²) in [6.07, 6.45) is 3.38. The van der Waals surface area contributed by atoms with Crippen LogP contribution in [0.1, 0.15) is 0 Å². The molecular weight excluding hydrogens is 548 g/mol. The summed E-state index contributed by atoms with van der Waals surface area (Å²) < 4.78 is 0. The van der Waals surface area contributed by atoms with Gasteiger partial charge in [0.25, 0.3) is 0 Å². The van der Waals surface area contributed by atoms with E-state index >= 15 is 0 Å². The molecule has 0 aliphatic heterocycles. The molecule has 0 radical (unpaired) electrons. The van der Waals surface area contributed by atoms with Crippen molar-refractivity contribution in [2.24, 2.45) is 9.98 Å². The number of hydrogen-bond donors (Lipinski definition) is 0. The molecule has 0 aliphatic rings. The number of para-hydroxylation sites is 2. The molecule has 0 aliphatic carbocycles. The first-order valence-electron chi connectivity index (χ1n) is 13.7. The fourth-order valence-corrected chi connectivity index (χ4v) is 6.38. The summed E-state index contributed by atoms with van der Waals surface area (Å²) in [4.78, 5) is 32.4. The van der Waals surface area contributed by atoms with Gasteiger partial charge in [0, 0.05) is 20.9 Å². The molecule has 4 nitrogen and oxygen atoms in total. The second-order valence-corrected chi connectivity index (χ2v) is 10.7. The van der Waals surface area contributed by atoms with E-state index in [1.807, 2.05) is 97.1 Å². The van der Waals surface area contributed by atoms with Gasteiger partial charge in [0.15, 0.2) is 0 Å². The molecule has 43 heavy (non-hydrogen) atoms. The van der Waals surface area contributed by atoms with Gasteiger partial charge in [0.2, 0.25) is 12.2 Å². The van der Waals surface area contributed by atoms with Crippen LogP contribution in [0.5, 0.6) is 0 Å². The van der Waals surface area contributed by atoms with Gasteiger partial charge in [-0.25, -0.2) is 9.59 Å². The van der Waals surface area contributed by atoms with Crippen molar-refractivity contribution in [2.45, 2.75) is 9.79 Å². The number of carbonyl (C=O) groups excluding carboxylic acids is 2. The minimum Gasteiger partial charge on any atom is -0.211 e. The van der Waals surface area contributed by atoms with Gasteiger partial charge in [-0.1, -0.05) is 133 Å². The minimum absolute atomic E-state index is 0.580. The first-order valence-corrected chi connectivity index (χ1v) is 14.5. The third kappa shape index (κ3) is 5.78. The summed E-state index contributed by atoms with van der Waals surface area (Å²) in [5.74, 6) is 0. The molecule has 204 valence electrons. The second-order valence-electron chi connectivity index (χ2n) is 9.63. The predicted molar refractivity (Wildman–Crippen MR) is 174 cm³/mol. The fourth-order valence-electron chi connectivity index (χ4n) is 5.28. The quantitative estimate of drug-likeness (QED) is 0.135. The Kier molecular flexibility index (Phi) is 8.31. The number of rotatable bonds is 8. The maximum absolute atomic E-state index is 11.2. The van der Waals surface area contributed by atoms with Crippen molar-refractivity contribution in [2.75, 3.05) is 0 Å². The van der Waals surface area contributed by atoms with Crippen LogP contribution in [-0.4, -0.2) is 12.2 Å². The summed E-state index contributed by atoms with van der Waals surface area (Å²) in [6, 6.07) is 48.2. The number of hydrogen-bond acceptors (Lipinski definition) is 5. The van der Waals surface area contributed by atoms with Gasteiger partial charge >= 0.3 is 0 Å². The van der Waals surface area contributed by atoms with Crippen LogP contribution in [-0.2, 0) is 9.59 Å². The van der Waals surface area contributed by atoms with E-state index in [9.17, 15) is 9.59 Å². The van der Waals surface area contributed by atoms with Gasteiger partial charge in [-0.05, 0) is 57.6 Å². The van der Waals surface area contributed by atoms with Crippen molar-refractivity contribution in [3.05, 3.63) is 146 Å². The van der Waals surface area contributed by atoms with Crippen LogP contribution in [0.2, 0.25) is 0 Å². The topological polar surface area (TPSA) is 58.9 Å². The first-order chi connectivity index (χ1) is 21.3. The summed E-state index contributed by atoms with van der Waals surface area (Å²) in [5.41, 5.74) is 9.08. The lowest BCUT2D eigenvalue weighted by Gasteiger charge is -2.17. The largest absolute Gasteiger partial charge is 0.240 e. The third-order valence-corrected chi connectivity index (χ3v) is 8.30. The van der Waals surface area contributed by atoms with Gasteiger partial charge in [-0.15, -0.1) is 0 Å². The summed E-state index contributed by atoms with van der Waals surface area (Å²) in [7, 11) is 0. The summed E-state index contributed by atoms with van der Waals surface area (Å²) in [5, 5.41) is 0. The molecule has 5 heteroatoms. The van der Waals surface area contributed by atoms with E-state index in [0.29, 0.717) is 11.4 Å². The average molecular weight is 573 g/mol. The zero-order valence-corrected chi connectivity index (χ0v) is 23.8. The van der Waals surface area contributed by atoms with Gasteiger partial charge in [-0.2, -0.15) is 9.98 Å². The zero-order valence-electron chi connectivity index (χ0n) is 23.0. The van der Waals surface area contributed by atoms with Crippen molar-refractivity contribution in [1.82, 2.24) is 0 Å². The van der Waals surface area contributed by atoms with Crippen LogP contribution < -0.4 is 0 Å². The van der Waals surface area contributed by atoms with Crippen LogP contribution in [0.4, 0.5) is 11.4 Å². The summed E-state index contributed by atoms with van der Waals surface area (Å²) in [6.45, 7) is 0. The highest BCUT2D eigenvalue weighted by Gasteiger charge is 2.17. The Morgan fingerprint density at radius 2 is 0.628 bits per heavy atom. The van der Waals surface area contributed by atoms with E-state index in [1.54, 1.807) is 23.9 Å². The molecule has 0 unspecified atom stereocenters. The van der Waals surface area contributed by atoms with Crippen molar-refractivity contribution in [3.63, 3.8) is 0 Å². The molecule has 0 aromatic heterocycles. The van der Waals surface area contributed by atoms with Crippen LogP contribution in [0.15, 0.2) is 165 Å². The molecule has 6 rings (SSSR count). The third-order valence-electron chi connectivity index (χ3n) is 7.15. The average Bonchev–Trinajstić information content (AvgIpc) is 3.06. The molecule has 0 spiro atoms. The van der Waals surface area contributed by atoms with Gasteiger partial charge < -0.3 is 0 Å². The van der Waals surface area contributed by atoms with Gasteiger partial charge in [0.05, 0.1) is 11.4 Å². The lowest BCUT2D eigenvalue weighted by atomic mass is 9.93. The highest BCUT2D eigenvalue weighted by Crippen LogP contribution is 2.46. The maximum atomic E-state index is 11.2. The molecule has 0 amide bonds. The molecule has 0 bridgehead atoms. The monoisotopic (exact) mass is 572 g/mol. The van der Waals surface area contributed by atoms with Crippen LogP contribution in [0, 0.1) is 0 Å². The lowest BCUT2D eigenvalue weighted by Crippen LogP contribution is -1.90. The van der Waals surface area contributed by atoms with Crippen LogP contribution in [0.3, 0.4) is 0 Å². The standard InChI is InChI=1S/C38H24N2O2S/c41-25-39-35-21-9-5-17-31(35)27-13-1-3-15-29(27)33-19-7-11-23-37(33)43-38-24-12-8-20-34(38)30-16-4-2-14-28(30)32-18-6-10-22-36(32)40-26-42/h1-24H. The van der Waals surface area contributed by atoms with Gasteiger partial charge in [0.1, 0.15) is 0 Å². The lowest BCUT2D eigenvalue weighted by molar-refractivity contribution is 0.564. The SMILES string of the molecule is O=C=Nc1ccccc1-c1ccccc1-c1ccccc1Sc1ccccc1-c1ccccc1-c1ccccc1N=C=O. The molecule has 0 heterocycles. The van der Waals surface area contributed by atoms with Crippen molar-refractivity contribution >= 4 is 35.3 Å². The van der Waals surface area contributed by atoms with Crippen molar-refractivity contribution in [3.8, 4) is 44.5 Å². The zero-order chi connectivity index (χ0) is 29.4. The molecule has 6 aromatic carbocycles. The second kappa shape index (κ2) is 12.9. The van der Waals surface area contributed by atoms with E-state index in [4.69, 9.17) is 0 Å². The number of aliphatic imine (C=N–C) groups is 2. The Labute approximate surface area is 254 Å². The van der Waals surface area contributed by atoms with Crippen LogP contribution in [0.25, 0.3) is 44.5 Å². The van der Waals surface area contributed by atoms with E-state index in [2.05, 4.69) is 58.5 Å². The molecule has 0 saturated carbocycles. The fraction of sp³-hybridized carbons (Fsp3) is 0. The normalized spacial score (nSPS) is 10.4. The molecule has 0 N–H and O–H groups in total. The Hall–Kier alpha value is -5.57. The summed E-state index contributed by atoms with van der Waals surface area (Å²) >= 11 is 1.70. The van der Waals surface area contributed by atoms with Crippen LogP contribution >= 0.6 is 11.8 Å². The molecular formula is C38H24N2O2S. The number of nitrogens with zero attached hydrogens (tertiary/aromatic N) is 2. The number of isocyanates is 2. The molecule has 0 fully saturated rings. The highest BCUT2D eigenvalue weighted by molar-refractivity contribution is 7.99. The predicted octanol–water partition coefficient (Wildman–Crippen LogP) is 10.4. The van der Waals surface area contributed by atoms with Crippen molar-refractivity contribution in [1.29, 1.82) is 0 Å². The maximum Gasteiger partial charge on any atom is 0.240 e. The Morgan fingerprint density at radius 3 is 1.00 bits per heavy atom. The highest BCUT2D eigenvalue weighted by atomic mass is 32.2. The molecule has 0 atom stereocenters.